The van der Waals surface area contributed by atoms with Gasteiger partial charge in [-0.2, -0.15) is 0 Å². The molecule has 82 valence electrons. The number of benzene rings is 1. The van der Waals surface area contributed by atoms with Crippen molar-refractivity contribution < 1.29 is 18.3 Å². The third kappa shape index (κ3) is 3.64. The SMILES string of the molecule is O=C(O)CCS(=O)(=O)c1ccc(Br)cc1. The lowest BCUT2D eigenvalue weighted by Gasteiger charge is -2.02. The molecular formula is C9H9BrO4S. The fourth-order valence-corrected chi connectivity index (χ4v) is 2.48. The quantitative estimate of drug-likeness (QED) is 0.917. The van der Waals surface area contributed by atoms with Gasteiger partial charge < -0.3 is 5.11 Å². The second-order valence-corrected chi connectivity index (χ2v) is 5.94. The second kappa shape index (κ2) is 4.76. The predicted molar refractivity (Wildman–Crippen MR) is 58.4 cm³/mol. The molecule has 0 aliphatic carbocycles. The van der Waals surface area contributed by atoms with E-state index in [0.717, 1.165) is 4.47 Å². The zero-order valence-electron chi connectivity index (χ0n) is 7.68. The molecule has 0 saturated carbocycles. The lowest BCUT2D eigenvalue weighted by molar-refractivity contribution is -0.136. The first-order chi connectivity index (χ1) is 6.92. The summed E-state index contributed by atoms with van der Waals surface area (Å²) in [6, 6.07) is 6.10. The Morgan fingerprint density at radius 1 is 1.27 bits per heavy atom. The number of rotatable bonds is 4. The Morgan fingerprint density at radius 3 is 2.27 bits per heavy atom. The third-order valence-corrected chi connectivity index (χ3v) is 4.02. The largest absolute Gasteiger partial charge is 0.481 e. The van der Waals surface area contributed by atoms with Crippen LogP contribution in [-0.2, 0) is 14.6 Å². The Morgan fingerprint density at radius 2 is 1.80 bits per heavy atom. The van der Waals surface area contributed by atoms with Crippen LogP contribution in [0.4, 0.5) is 0 Å². The highest BCUT2D eigenvalue weighted by atomic mass is 79.9. The standard InChI is InChI=1S/C9H9BrO4S/c10-7-1-3-8(4-2-7)15(13,14)6-5-9(11)12/h1-4H,5-6H2,(H,11,12). The number of hydrogen-bond acceptors (Lipinski definition) is 3. The van der Waals surface area contributed by atoms with Crippen molar-refractivity contribution in [1.82, 2.24) is 0 Å². The van der Waals surface area contributed by atoms with Crippen LogP contribution in [0.2, 0.25) is 0 Å². The highest BCUT2D eigenvalue weighted by molar-refractivity contribution is 9.10. The Labute approximate surface area is 96.0 Å². The maximum absolute atomic E-state index is 11.6. The summed E-state index contributed by atoms with van der Waals surface area (Å²) >= 11 is 3.19. The topological polar surface area (TPSA) is 71.4 Å². The molecule has 0 fully saturated rings. The van der Waals surface area contributed by atoms with E-state index in [2.05, 4.69) is 15.9 Å². The summed E-state index contributed by atoms with van der Waals surface area (Å²) in [5, 5.41) is 8.40. The predicted octanol–water partition coefficient (Wildman–Crippen LogP) is 1.70. The maximum Gasteiger partial charge on any atom is 0.304 e. The molecule has 1 aromatic carbocycles. The van der Waals surface area contributed by atoms with Gasteiger partial charge in [0.05, 0.1) is 17.1 Å². The molecule has 1 rings (SSSR count). The van der Waals surface area contributed by atoms with Crippen molar-refractivity contribution in [3.63, 3.8) is 0 Å². The van der Waals surface area contributed by atoms with Crippen molar-refractivity contribution in [3.8, 4) is 0 Å². The van der Waals surface area contributed by atoms with Gasteiger partial charge in [-0.15, -0.1) is 0 Å². The average molecular weight is 293 g/mol. The van der Waals surface area contributed by atoms with Crippen LogP contribution >= 0.6 is 15.9 Å². The van der Waals surface area contributed by atoms with E-state index in [1.165, 1.54) is 12.1 Å². The van der Waals surface area contributed by atoms with Crippen LogP contribution in [-0.4, -0.2) is 25.2 Å². The van der Waals surface area contributed by atoms with Gasteiger partial charge in [0.1, 0.15) is 0 Å². The molecule has 1 aromatic rings. The van der Waals surface area contributed by atoms with Gasteiger partial charge in [0.15, 0.2) is 9.84 Å². The van der Waals surface area contributed by atoms with E-state index in [0.29, 0.717) is 0 Å². The Kier molecular flexibility index (Phi) is 3.87. The van der Waals surface area contributed by atoms with Gasteiger partial charge in [0.2, 0.25) is 0 Å². The van der Waals surface area contributed by atoms with E-state index in [1.54, 1.807) is 12.1 Å². The first-order valence-corrected chi connectivity index (χ1v) is 6.56. The molecule has 0 aliphatic rings. The van der Waals surface area contributed by atoms with Crippen LogP contribution < -0.4 is 0 Å². The first-order valence-electron chi connectivity index (χ1n) is 4.12. The fourth-order valence-electron chi connectivity index (χ4n) is 0.981. The summed E-state index contributed by atoms with van der Waals surface area (Å²) < 4.78 is 23.9. The minimum atomic E-state index is -3.47. The Hall–Kier alpha value is -0.880. The van der Waals surface area contributed by atoms with Crippen LogP contribution in [0.25, 0.3) is 0 Å². The third-order valence-electron chi connectivity index (χ3n) is 1.76. The molecule has 0 spiro atoms. The van der Waals surface area contributed by atoms with Gasteiger partial charge in [-0.25, -0.2) is 8.42 Å². The van der Waals surface area contributed by atoms with Crippen molar-refractivity contribution in [1.29, 1.82) is 0 Å². The molecule has 15 heavy (non-hydrogen) atoms. The van der Waals surface area contributed by atoms with E-state index in [1.807, 2.05) is 0 Å². The molecule has 0 aliphatic heterocycles. The second-order valence-electron chi connectivity index (χ2n) is 2.92. The molecule has 1 N–H and O–H groups in total. The molecule has 0 aromatic heterocycles. The van der Waals surface area contributed by atoms with E-state index < -0.39 is 15.8 Å². The molecule has 6 heteroatoms. The number of sulfone groups is 1. The van der Waals surface area contributed by atoms with Crippen LogP contribution in [0.5, 0.6) is 0 Å². The Bertz CT molecular complexity index is 450. The summed E-state index contributed by atoms with van der Waals surface area (Å²) in [7, 11) is -3.47. The maximum atomic E-state index is 11.6. The number of aliphatic carboxylic acids is 1. The van der Waals surface area contributed by atoms with Crippen LogP contribution in [0.15, 0.2) is 33.6 Å². The van der Waals surface area contributed by atoms with E-state index in [9.17, 15) is 13.2 Å². The zero-order chi connectivity index (χ0) is 11.5. The van der Waals surface area contributed by atoms with Gasteiger partial charge in [0.25, 0.3) is 0 Å². The van der Waals surface area contributed by atoms with Crippen molar-refractivity contribution in [2.24, 2.45) is 0 Å². The molecule has 0 saturated heterocycles. The molecular weight excluding hydrogens is 284 g/mol. The molecule has 0 radical (unpaired) electrons. The van der Waals surface area contributed by atoms with Crippen molar-refractivity contribution in [2.45, 2.75) is 11.3 Å². The van der Waals surface area contributed by atoms with Crippen LogP contribution in [0.1, 0.15) is 6.42 Å². The molecule has 0 bridgehead atoms. The lowest BCUT2D eigenvalue weighted by Crippen LogP contribution is -2.10. The number of carboxylic acids is 1. The average Bonchev–Trinajstić information content (AvgIpc) is 2.16. The highest BCUT2D eigenvalue weighted by Crippen LogP contribution is 2.16. The van der Waals surface area contributed by atoms with Gasteiger partial charge in [-0.05, 0) is 24.3 Å². The molecule has 0 amide bonds. The molecule has 0 unspecified atom stereocenters. The molecule has 0 heterocycles. The van der Waals surface area contributed by atoms with Gasteiger partial charge in [0, 0.05) is 4.47 Å². The number of carbonyl (C=O) groups is 1. The van der Waals surface area contributed by atoms with Gasteiger partial charge >= 0.3 is 5.97 Å². The van der Waals surface area contributed by atoms with Crippen molar-refractivity contribution in [2.75, 3.05) is 5.75 Å². The monoisotopic (exact) mass is 292 g/mol. The van der Waals surface area contributed by atoms with E-state index in [-0.39, 0.29) is 17.1 Å². The minimum Gasteiger partial charge on any atom is -0.481 e. The van der Waals surface area contributed by atoms with Gasteiger partial charge in [-0.1, -0.05) is 15.9 Å². The molecule has 0 atom stereocenters. The van der Waals surface area contributed by atoms with Crippen molar-refractivity contribution >= 4 is 31.7 Å². The summed E-state index contributed by atoms with van der Waals surface area (Å²) in [5.41, 5.74) is 0. The van der Waals surface area contributed by atoms with Crippen LogP contribution in [0.3, 0.4) is 0 Å². The summed E-state index contributed by atoms with van der Waals surface area (Å²) in [4.78, 5) is 10.4. The smallest absolute Gasteiger partial charge is 0.304 e. The fraction of sp³-hybridized carbons (Fsp3) is 0.222. The number of halogens is 1. The van der Waals surface area contributed by atoms with E-state index in [4.69, 9.17) is 5.11 Å². The Balaban J connectivity index is 2.87. The van der Waals surface area contributed by atoms with E-state index >= 15 is 0 Å². The minimum absolute atomic E-state index is 0.145. The molecule has 4 nitrogen and oxygen atoms in total. The highest BCUT2D eigenvalue weighted by Gasteiger charge is 2.15. The summed E-state index contributed by atoms with van der Waals surface area (Å²) in [5.74, 6) is -1.49. The normalized spacial score (nSPS) is 11.3. The number of carboxylic acid groups (broad SMARTS) is 1. The van der Waals surface area contributed by atoms with Crippen LogP contribution in [0, 0.1) is 0 Å². The number of hydrogen-bond donors (Lipinski definition) is 1. The van der Waals surface area contributed by atoms with Gasteiger partial charge in [-0.3, -0.25) is 4.79 Å². The lowest BCUT2D eigenvalue weighted by atomic mass is 10.4. The first kappa shape index (κ1) is 12.2. The zero-order valence-corrected chi connectivity index (χ0v) is 10.1. The van der Waals surface area contributed by atoms with Crippen molar-refractivity contribution in [3.05, 3.63) is 28.7 Å². The summed E-state index contributed by atoms with van der Waals surface area (Å²) in [6.07, 6.45) is -0.377. The summed E-state index contributed by atoms with van der Waals surface area (Å²) in [6.45, 7) is 0.